The second-order valence-corrected chi connectivity index (χ2v) is 4.62. The summed E-state index contributed by atoms with van der Waals surface area (Å²) < 4.78 is 0. The van der Waals surface area contributed by atoms with Crippen LogP contribution in [0, 0.1) is 23.7 Å². The van der Waals surface area contributed by atoms with Gasteiger partial charge in [0.05, 0.1) is 0 Å². The SMILES string of the molecule is CCCCC1CC2C=CC1C2C. The lowest BCUT2D eigenvalue weighted by Crippen LogP contribution is -2.08. The minimum absolute atomic E-state index is 0.942. The van der Waals surface area contributed by atoms with E-state index in [4.69, 9.17) is 0 Å². The molecule has 4 unspecified atom stereocenters. The minimum Gasteiger partial charge on any atom is -0.0848 e. The molecule has 0 N–H and O–H groups in total. The summed E-state index contributed by atoms with van der Waals surface area (Å²) in [4.78, 5) is 0. The van der Waals surface area contributed by atoms with Gasteiger partial charge in [-0.2, -0.15) is 0 Å². The molecule has 1 saturated carbocycles. The molecule has 0 heterocycles. The first-order valence-corrected chi connectivity index (χ1v) is 5.51. The molecule has 1 fully saturated rings. The summed E-state index contributed by atoms with van der Waals surface area (Å²) in [5, 5.41) is 0. The van der Waals surface area contributed by atoms with Gasteiger partial charge in [0, 0.05) is 0 Å². The van der Waals surface area contributed by atoms with Crippen molar-refractivity contribution >= 4 is 0 Å². The summed E-state index contributed by atoms with van der Waals surface area (Å²) in [7, 11) is 0. The third-order valence-corrected chi connectivity index (χ3v) is 3.91. The average molecular weight is 164 g/mol. The van der Waals surface area contributed by atoms with Gasteiger partial charge in [-0.3, -0.25) is 0 Å². The molecule has 0 aromatic rings. The molecule has 68 valence electrons. The largest absolute Gasteiger partial charge is 0.0848 e. The Kier molecular flexibility index (Phi) is 2.25. The highest BCUT2D eigenvalue weighted by Crippen LogP contribution is 2.49. The van der Waals surface area contributed by atoms with E-state index in [0.717, 1.165) is 23.7 Å². The van der Waals surface area contributed by atoms with Gasteiger partial charge in [0.2, 0.25) is 0 Å². The molecule has 0 aromatic heterocycles. The topological polar surface area (TPSA) is 0 Å². The van der Waals surface area contributed by atoms with Gasteiger partial charge in [0.15, 0.2) is 0 Å². The molecule has 12 heavy (non-hydrogen) atoms. The lowest BCUT2D eigenvalue weighted by atomic mass is 9.88. The Bertz CT molecular complexity index is 180. The van der Waals surface area contributed by atoms with Crippen LogP contribution in [0.5, 0.6) is 0 Å². The van der Waals surface area contributed by atoms with E-state index >= 15 is 0 Å². The van der Waals surface area contributed by atoms with Crippen molar-refractivity contribution in [3.63, 3.8) is 0 Å². The van der Waals surface area contributed by atoms with Crippen LogP contribution < -0.4 is 0 Å². The van der Waals surface area contributed by atoms with Crippen LogP contribution in [-0.2, 0) is 0 Å². The molecule has 0 amide bonds. The molecule has 0 aliphatic heterocycles. The number of unbranched alkanes of at least 4 members (excludes halogenated alkanes) is 1. The van der Waals surface area contributed by atoms with Crippen LogP contribution in [0.15, 0.2) is 12.2 Å². The van der Waals surface area contributed by atoms with E-state index in [1.165, 1.54) is 25.7 Å². The number of hydrogen-bond donors (Lipinski definition) is 0. The fourth-order valence-electron chi connectivity index (χ4n) is 3.07. The van der Waals surface area contributed by atoms with E-state index in [-0.39, 0.29) is 0 Å². The third-order valence-electron chi connectivity index (χ3n) is 3.91. The Morgan fingerprint density at radius 3 is 2.67 bits per heavy atom. The van der Waals surface area contributed by atoms with Crippen LogP contribution in [0.1, 0.15) is 39.5 Å². The van der Waals surface area contributed by atoms with Crippen LogP contribution in [0.4, 0.5) is 0 Å². The average Bonchev–Trinajstić information content (AvgIpc) is 2.58. The Balaban J connectivity index is 1.91. The highest BCUT2D eigenvalue weighted by atomic mass is 14.5. The van der Waals surface area contributed by atoms with E-state index in [9.17, 15) is 0 Å². The molecule has 2 aliphatic carbocycles. The molecule has 2 aliphatic rings. The number of hydrogen-bond acceptors (Lipinski definition) is 0. The molecule has 0 saturated heterocycles. The van der Waals surface area contributed by atoms with Gasteiger partial charge in [-0.1, -0.05) is 38.8 Å². The zero-order valence-corrected chi connectivity index (χ0v) is 8.29. The molecule has 2 rings (SSSR count). The monoisotopic (exact) mass is 164 g/mol. The minimum atomic E-state index is 0.942. The first-order valence-electron chi connectivity index (χ1n) is 5.51. The van der Waals surface area contributed by atoms with Gasteiger partial charge in [-0.15, -0.1) is 0 Å². The van der Waals surface area contributed by atoms with E-state index in [1.54, 1.807) is 0 Å². The molecule has 0 aromatic carbocycles. The number of allylic oxidation sites excluding steroid dienone is 2. The van der Waals surface area contributed by atoms with Crippen LogP contribution in [0.3, 0.4) is 0 Å². The maximum atomic E-state index is 2.49. The second kappa shape index (κ2) is 3.24. The van der Waals surface area contributed by atoms with Crippen molar-refractivity contribution in [2.45, 2.75) is 39.5 Å². The summed E-state index contributed by atoms with van der Waals surface area (Å²) in [6.07, 6.45) is 10.7. The van der Waals surface area contributed by atoms with Gasteiger partial charge < -0.3 is 0 Å². The van der Waals surface area contributed by atoms with Crippen LogP contribution in [0.2, 0.25) is 0 Å². The van der Waals surface area contributed by atoms with E-state index in [2.05, 4.69) is 26.0 Å². The summed E-state index contributed by atoms with van der Waals surface area (Å²) in [5.74, 6) is 3.89. The first kappa shape index (κ1) is 8.34. The van der Waals surface area contributed by atoms with Crippen molar-refractivity contribution < 1.29 is 0 Å². The normalized spacial score (nSPS) is 44.2. The van der Waals surface area contributed by atoms with E-state index < -0.39 is 0 Å². The number of fused-ring (bicyclic) bond motifs is 2. The Labute approximate surface area is 76.1 Å². The zero-order valence-electron chi connectivity index (χ0n) is 8.29. The summed E-state index contributed by atoms with van der Waals surface area (Å²) in [6, 6.07) is 0. The summed E-state index contributed by atoms with van der Waals surface area (Å²) in [5.41, 5.74) is 0. The summed E-state index contributed by atoms with van der Waals surface area (Å²) >= 11 is 0. The zero-order chi connectivity index (χ0) is 8.55. The number of rotatable bonds is 3. The molecule has 0 heteroatoms. The van der Waals surface area contributed by atoms with E-state index in [0.29, 0.717) is 0 Å². The van der Waals surface area contributed by atoms with Crippen molar-refractivity contribution in [2.24, 2.45) is 23.7 Å². The molecule has 0 radical (unpaired) electrons. The standard InChI is InChI=1S/C12H20/c1-3-4-5-11-8-10-6-7-12(11)9(10)2/h6-7,9-12H,3-5,8H2,1-2H3. The molecule has 4 atom stereocenters. The second-order valence-electron chi connectivity index (χ2n) is 4.62. The fraction of sp³-hybridized carbons (Fsp3) is 0.833. The quantitative estimate of drug-likeness (QED) is 0.559. The smallest absolute Gasteiger partial charge is 0.0173 e. The van der Waals surface area contributed by atoms with Gasteiger partial charge in [0.25, 0.3) is 0 Å². The van der Waals surface area contributed by atoms with Gasteiger partial charge in [-0.25, -0.2) is 0 Å². The summed E-state index contributed by atoms with van der Waals surface area (Å²) in [6.45, 7) is 4.73. The van der Waals surface area contributed by atoms with Crippen LogP contribution >= 0.6 is 0 Å². The van der Waals surface area contributed by atoms with Crippen molar-refractivity contribution in [2.75, 3.05) is 0 Å². The maximum Gasteiger partial charge on any atom is -0.0173 e. The Morgan fingerprint density at radius 1 is 1.33 bits per heavy atom. The molecule has 0 spiro atoms. The van der Waals surface area contributed by atoms with Crippen molar-refractivity contribution in [1.29, 1.82) is 0 Å². The van der Waals surface area contributed by atoms with Gasteiger partial charge in [0.1, 0.15) is 0 Å². The Hall–Kier alpha value is -0.260. The van der Waals surface area contributed by atoms with Crippen LogP contribution in [0.25, 0.3) is 0 Å². The predicted molar refractivity (Wildman–Crippen MR) is 52.9 cm³/mol. The molecular formula is C12H20. The lowest BCUT2D eigenvalue weighted by molar-refractivity contribution is 0.373. The predicted octanol–water partition coefficient (Wildman–Crippen LogP) is 3.63. The van der Waals surface area contributed by atoms with Crippen molar-refractivity contribution in [3.05, 3.63) is 12.2 Å². The highest BCUT2D eigenvalue weighted by molar-refractivity contribution is 5.13. The lowest BCUT2D eigenvalue weighted by Gasteiger charge is -2.17. The van der Waals surface area contributed by atoms with Crippen LogP contribution in [-0.4, -0.2) is 0 Å². The molecule has 0 nitrogen and oxygen atoms in total. The Morgan fingerprint density at radius 2 is 2.17 bits per heavy atom. The van der Waals surface area contributed by atoms with Gasteiger partial charge in [-0.05, 0) is 36.5 Å². The highest BCUT2D eigenvalue weighted by Gasteiger charge is 2.40. The molecule has 2 bridgehead atoms. The third kappa shape index (κ3) is 1.22. The fourth-order valence-corrected chi connectivity index (χ4v) is 3.07. The first-order chi connectivity index (χ1) is 5.83. The maximum absolute atomic E-state index is 2.49. The van der Waals surface area contributed by atoms with Gasteiger partial charge >= 0.3 is 0 Å². The molecular weight excluding hydrogens is 144 g/mol. The van der Waals surface area contributed by atoms with Crippen molar-refractivity contribution in [3.8, 4) is 0 Å². The van der Waals surface area contributed by atoms with Crippen molar-refractivity contribution in [1.82, 2.24) is 0 Å². The van der Waals surface area contributed by atoms with E-state index in [1.807, 2.05) is 0 Å².